The van der Waals surface area contributed by atoms with Crippen LogP contribution in [-0.2, 0) is 12.8 Å². The normalized spacial score (nSPS) is 37.6. The molecular weight excluding hydrogens is 322 g/mol. The monoisotopic (exact) mass is 353 g/mol. The number of urea groups is 1. The molecular formula is C22H31N3O. The van der Waals surface area contributed by atoms with Crippen LogP contribution in [0.1, 0.15) is 43.2 Å². The zero-order chi connectivity index (χ0) is 17.9. The van der Waals surface area contributed by atoms with Crippen molar-refractivity contribution in [3.8, 4) is 0 Å². The molecule has 4 heteroatoms. The lowest BCUT2D eigenvalue weighted by Crippen LogP contribution is -2.67. The number of likely N-dealkylation sites (N-methyl/N-ethyl adjacent to an activating group) is 1. The number of hydrogen-bond acceptors (Lipinski definition) is 2. The molecule has 26 heavy (non-hydrogen) atoms. The van der Waals surface area contributed by atoms with E-state index in [4.69, 9.17) is 5.73 Å². The van der Waals surface area contributed by atoms with Gasteiger partial charge in [-0.25, -0.2) is 4.79 Å². The van der Waals surface area contributed by atoms with E-state index < -0.39 is 0 Å². The highest BCUT2D eigenvalue weighted by molar-refractivity contribution is 5.74. The van der Waals surface area contributed by atoms with Crippen LogP contribution in [0.5, 0.6) is 0 Å². The standard InChI is InChI=1S/C22H31N3O/c1-25(20-11-16-4-2-3-5-17(16)12-20)21(26)24-13-22(23)18-7-14-6-15(9-18)10-19(22)8-14/h2-5,14-15,18-20H,6-13,23H2,1H3,(H,24,26). The first kappa shape index (κ1) is 16.6. The molecule has 0 aromatic heterocycles. The molecule has 140 valence electrons. The third kappa shape index (κ3) is 2.57. The Labute approximate surface area is 156 Å². The summed E-state index contributed by atoms with van der Waals surface area (Å²) in [6.45, 7) is 0.643. The second kappa shape index (κ2) is 5.98. The summed E-state index contributed by atoms with van der Waals surface area (Å²) in [5, 5.41) is 3.22. The van der Waals surface area contributed by atoms with E-state index in [0.29, 0.717) is 18.4 Å². The van der Waals surface area contributed by atoms with E-state index in [9.17, 15) is 4.79 Å². The summed E-state index contributed by atoms with van der Waals surface area (Å²) in [4.78, 5) is 14.7. The largest absolute Gasteiger partial charge is 0.336 e. The molecule has 5 aliphatic carbocycles. The number of fused-ring (bicyclic) bond motifs is 1. The molecule has 4 fully saturated rings. The number of carbonyl (C=O) groups excluding carboxylic acids is 1. The Morgan fingerprint density at radius 1 is 1.08 bits per heavy atom. The van der Waals surface area contributed by atoms with E-state index in [-0.39, 0.29) is 17.6 Å². The Hall–Kier alpha value is -1.55. The number of hydrogen-bond donors (Lipinski definition) is 2. The van der Waals surface area contributed by atoms with Crippen LogP contribution in [0.15, 0.2) is 24.3 Å². The van der Waals surface area contributed by atoms with Crippen LogP contribution in [0.25, 0.3) is 0 Å². The van der Waals surface area contributed by atoms with Crippen molar-refractivity contribution >= 4 is 6.03 Å². The Morgan fingerprint density at radius 2 is 1.62 bits per heavy atom. The summed E-state index contributed by atoms with van der Waals surface area (Å²) in [5.41, 5.74) is 9.52. The van der Waals surface area contributed by atoms with Crippen LogP contribution in [0.4, 0.5) is 4.79 Å². The van der Waals surface area contributed by atoms with Gasteiger partial charge in [0, 0.05) is 25.2 Å². The predicted molar refractivity (Wildman–Crippen MR) is 103 cm³/mol. The molecule has 0 aliphatic heterocycles. The van der Waals surface area contributed by atoms with Crippen molar-refractivity contribution < 1.29 is 4.79 Å². The maximum absolute atomic E-state index is 12.8. The highest BCUT2D eigenvalue weighted by atomic mass is 16.2. The first-order valence-corrected chi connectivity index (χ1v) is 10.4. The molecule has 4 saturated carbocycles. The summed E-state index contributed by atoms with van der Waals surface area (Å²) in [5.74, 6) is 3.04. The first-order chi connectivity index (χ1) is 12.5. The van der Waals surface area contributed by atoms with E-state index in [2.05, 4.69) is 29.6 Å². The van der Waals surface area contributed by atoms with E-state index in [1.807, 2.05) is 11.9 Å². The summed E-state index contributed by atoms with van der Waals surface area (Å²) >= 11 is 0. The molecule has 1 aromatic carbocycles. The summed E-state index contributed by atoms with van der Waals surface area (Å²) in [6.07, 6.45) is 8.49. The average Bonchev–Trinajstić information content (AvgIpc) is 3.07. The molecule has 4 bridgehead atoms. The second-order valence-corrected chi connectivity index (χ2v) is 9.52. The van der Waals surface area contributed by atoms with Gasteiger partial charge in [-0.15, -0.1) is 0 Å². The molecule has 0 radical (unpaired) electrons. The molecule has 0 saturated heterocycles. The minimum atomic E-state index is -0.178. The van der Waals surface area contributed by atoms with Crippen LogP contribution in [0.2, 0.25) is 0 Å². The summed E-state index contributed by atoms with van der Waals surface area (Å²) in [7, 11) is 1.94. The maximum atomic E-state index is 12.8. The predicted octanol–water partition coefficient (Wildman–Crippen LogP) is 2.95. The van der Waals surface area contributed by atoms with E-state index >= 15 is 0 Å². The van der Waals surface area contributed by atoms with E-state index in [1.54, 1.807) is 0 Å². The Bertz CT molecular complexity index is 662. The summed E-state index contributed by atoms with van der Waals surface area (Å²) in [6, 6.07) is 8.85. The molecule has 5 aliphatic rings. The fourth-order valence-corrected chi connectivity index (χ4v) is 6.68. The number of benzene rings is 1. The van der Waals surface area contributed by atoms with E-state index in [1.165, 1.54) is 43.2 Å². The topological polar surface area (TPSA) is 58.4 Å². The van der Waals surface area contributed by atoms with Gasteiger partial charge in [-0.05, 0) is 79.7 Å². The molecule has 3 N–H and O–H groups in total. The Morgan fingerprint density at radius 3 is 2.15 bits per heavy atom. The van der Waals surface area contributed by atoms with Gasteiger partial charge in [-0.1, -0.05) is 24.3 Å². The molecule has 2 amide bonds. The number of amides is 2. The van der Waals surface area contributed by atoms with Crippen LogP contribution in [0.3, 0.4) is 0 Å². The minimum absolute atomic E-state index is 0.0430. The number of nitrogens with one attached hydrogen (secondary N) is 1. The molecule has 0 unspecified atom stereocenters. The Kier molecular flexibility index (Phi) is 3.82. The average molecular weight is 354 g/mol. The smallest absolute Gasteiger partial charge is 0.317 e. The Balaban J connectivity index is 1.21. The zero-order valence-corrected chi connectivity index (χ0v) is 15.8. The van der Waals surface area contributed by atoms with Gasteiger partial charge in [0.2, 0.25) is 0 Å². The number of nitrogens with zero attached hydrogens (tertiary/aromatic N) is 1. The molecule has 6 rings (SSSR count). The lowest BCUT2D eigenvalue weighted by molar-refractivity contribution is -0.0533. The van der Waals surface area contributed by atoms with Crippen LogP contribution in [0, 0.1) is 23.7 Å². The van der Waals surface area contributed by atoms with Gasteiger partial charge in [0.05, 0.1) is 0 Å². The van der Waals surface area contributed by atoms with Crippen molar-refractivity contribution in [3.63, 3.8) is 0 Å². The number of nitrogens with two attached hydrogens (primary N) is 1. The third-order valence-electron chi connectivity index (χ3n) is 8.10. The quantitative estimate of drug-likeness (QED) is 0.878. The van der Waals surface area contributed by atoms with Crippen molar-refractivity contribution in [1.82, 2.24) is 10.2 Å². The first-order valence-electron chi connectivity index (χ1n) is 10.4. The second-order valence-electron chi connectivity index (χ2n) is 9.52. The highest BCUT2D eigenvalue weighted by Crippen LogP contribution is 2.57. The van der Waals surface area contributed by atoms with Gasteiger partial charge >= 0.3 is 6.03 Å². The van der Waals surface area contributed by atoms with Crippen LogP contribution >= 0.6 is 0 Å². The third-order valence-corrected chi connectivity index (χ3v) is 8.10. The molecule has 1 aromatic rings. The summed E-state index contributed by atoms with van der Waals surface area (Å²) < 4.78 is 0. The van der Waals surface area contributed by atoms with Crippen molar-refractivity contribution in [2.45, 2.75) is 56.5 Å². The highest BCUT2D eigenvalue weighted by Gasteiger charge is 2.55. The molecule has 0 heterocycles. The van der Waals surface area contributed by atoms with Gasteiger partial charge in [0.25, 0.3) is 0 Å². The number of rotatable bonds is 3. The van der Waals surface area contributed by atoms with E-state index in [0.717, 1.165) is 24.7 Å². The SMILES string of the molecule is CN(C(=O)NCC1(N)C2CC3CC(C2)CC1C3)C1Cc2ccccc2C1. The molecule has 0 spiro atoms. The van der Waals surface area contributed by atoms with Crippen molar-refractivity contribution in [1.29, 1.82) is 0 Å². The fraction of sp³-hybridized carbons (Fsp3) is 0.682. The molecule has 4 nitrogen and oxygen atoms in total. The van der Waals surface area contributed by atoms with Gasteiger partial charge in [-0.2, -0.15) is 0 Å². The van der Waals surface area contributed by atoms with Crippen molar-refractivity contribution in [2.24, 2.45) is 29.4 Å². The minimum Gasteiger partial charge on any atom is -0.336 e. The van der Waals surface area contributed by atoms with Gasteiger partial charge in [0.15, 0.2) is 0 Å². The van der Waals surface area contributed by atoms with Crippen molar-refractivity contribution in [3.05, 3.63) is 35.4 Å². The van der Waals surface area contributed by atoms with Crippen LogP contribution in [-0.4, -0.2) is 36.1 Å². The lowest BCUT2D eigenvalue weighted by Gasteiger charge is -2.60. The van der Waals surface area contributed by atoms with Crippen LogP contribution < -0.4 is 11.1 Å². The molecule has 0 atom stereocenters. The van der Waals surface area contributed by atoms with Gasteiger partial charge < -0.3 is 16.0 Å². The fourth-order valence-electron chi connectivity index (χ4n) is 6.68. The zero-order valence-electron chi connectivity index (χ0n) is 15.8. The number of carbonyl (C=O) groups is 1. The van der Waals surface area contributed by atoms with Gasteiger partial charge in [-0.3, -0.25) is 0 Å². The van der Waals surface area contributed by atoms with Crippen molar-refractivity contribution in [2.75, 3.05) is 13.6 Å². The lowest BCUT2D eigenvalue weighted by atomic mass is 9.49. The van der Waals surface area contributed by atoms with Gasteiger partial charge in [0.1, 0.15) is 0 Å². The maximum Gasteiger partial charge on any atom is 0.317 e.